The third-order valence-electron chi connectivity index (χ3n) is 0. The van der Waals surface area contributed by atoms with Gasteiger partial charge in [0.1, 0.15) is 0 Å². The molecule has 0 saturated carbocycles. The van der Waals surface area contributed by atoms with Crippen LogP contribution in [-0.4, -0.2) is 128 Å². The molecule has 0 rings (SSSR count). The fourth-order valence-corrected chi connectivity index (χ4v) is 0. The second-order valence-electron chi connectivity index (χ2n) is 1.39. The first-order valence-corrected chi connectivity index (χ1v) is 3.10. The van der Waals surface area contributed by atoms with Crippen molar-refractivity contribution in [3.63, 3.8) is 0 Å². The largest absolute Gasteiger partial charge is 0.631 e. The van der Waals surface area contributed by atoms with Crippen LogP contribution in [0.3, 0.4) is 0 Å². The summed E-state index contributed by atoms with van der Waals surface area (Å²) < 4.78 is 0. The van der Waals surface area contributed by atoms with E-state index in [0.717, 1.165) is 0 Å². The SMILES string of the molecule is O.O.O.O.O.O.O.OB(O)O.OB(O)O.OB(O)O.OB(O)O. The molecule has 0 aromatic rings. The molecule has 0 aromatic carbocycles. The van der Waals surface area contributed by atoms with E-state index in [1.54, 1.807) is 0 Å². The Labute approximate surface area is 129 Å². The summed E-state index contributed by atoms with van der Waals surface area (Å²) in [6.07, 6.45) is 0. The molecule has 23 heteroatoms. The highest BCUT2D eigenvalue weighted by molar-refractivity contribution is 6.31. The maximum atomic E-state index is 7.17. The summed E-state index contributed by atoms with van der Waals surface area (Å²) in [5, 5.41) is 86.0. The lowest BCUT2D eigenvalue weighted by molar-refractivity contribution is 0.276. The molecule has 0 fully saturated rings. The van der Waals surface area contributed by atoms with E-state index >= 15 is 0 Å². The number of hydrogen-bond donors (Lipinski definition) is 12. The van der Waals surface area contributed by atoms with Gasteiger partial charge in [-0.15, -0.1) is 0 Å². The van der Waals surface area contributed by atoms with Crippen molar-refractivity contribution >= 4 is 29.3 Å². The summed E-state index contributed by atoms with van der Waals surface area (Å²) in [4.78, 5) is 0. The third kappa shape index (κ3) is 32700. The lowest BCUT2D eigenvalue weighted by atomic mass is 10.3. The van der Waals surface area contributed by atoms with Gasteiger partial charge in [-0.25, -0.2) is 0 Å². The van der Waals surface area contributed by atoms with Crippen LogP contribution in [0.15, 0.2) is 0 Å². The van der Waals surface area contributed by atoms with Crippen LogP contribution in [-0.2, 0) is 0 Å². The Hall–Kier alpha value is -0.500. The van der Waals surface area contributed by atoms with Gasteiger partial charge in [0.05, 0.1) is 0 Å². The standard InChI is InChI=1S/4BH3O3.7H2O/c4*2-1(3)4;;;;;;;/h4*2-4H;7*1H2. The highest BCUT2D eigenvalue weighted by Gasteiger charge is 1.93. The molecule has 0 bridgehead atoms. The fraction of sp³-hybridized carbons (Fsp3) is 0. The Bertz CT molecular complexity index is 58.4. The van der Waals surface area contributed by atoms with Gasteiger partial charge in [-0.2, -0.15) is 0 Å². The van der Waals surface area contributed by atoms with Gasteiger partial charge in [-0.1, -0.05) is 0 Å². The molecule has 0 heterocycles. The molecule has 0 radical (unpaired) electrons. The predicted octanol–water partition coefficient (Wildman–Crippen LogP) is -14.0. The van der Waals surface area contributed by atoms with Crippen molar-refractivity contribution in [2.24, 2.45) is 0 Å². The first kappa shape index (κ1) is 78.6. The molecule has 19 nitrogen and oxygen atoms in total. The first-order valence-electron chi connectivity index (χ1n) is 3.10. The molecule has 0 saturated heterocycles. The number of rotatable bonds is 0. The highest BCUT2D eigenvalue weighted by atomic mass is 16.5. The highest BCUT2D eigenvalue weighted by Crippen LogP contribution is 1.41. The van der Waals surface area contributed by atoms with Crippen molar-refractivity contribution in [1.82, 2.24) is 0 Å². The Morgan fingerprint density at radius 3 is 0.217 bits per heavy atom. The van der Waals surface area contributed by atoms with Crippen molar-refractivity contribution in [1.29, 1.82) is 0 Å². The van der Waals surface area contributed by atoms with Crippen molar-refractivity contribution < 1.29 is 98.6 Å². The lowest BCUT2D eigenvalue weighted by Gasteiger charge is -1.69. The van der Waals surface area contributed by atoms with Crippen LogP contribution >= 0.6 is 0 Å². The molecule has 0 aromatic heterocycles. The van der Waals surface area contributed by atoms with Crippen LogP contribution in [0.4, 0.5) is 0 Å². The fourth-order valence-electron chi connectivity index (χ4n) is 0. The van der Waals surface area contributed by atoms with E-state index in [9.17, 15) is 0 Å². The molecule has 0 aliphatic rings. The van der Waals surface area contributed by atoms with Gasteiger partial charge in [0, 0.05) is 0 Å². The summed E-state index contributed by atoms with van der Waals surface area (Å²) in [5.74, 6) is 0. The first-order chi connectivity index (χ1) is 6.93. The Balaban J connectivity index is -0.00000000842. The number of hydrogen-bond acceptors (Lipinski definition) is 12. The normalized spacial score (nSPS) is 4.70. The van der Waals surface area contributed by atoms with E-state index in [0.29, 0.717) is 0 Å². The second-order valence-corrected chi connectivity index (χ2v) is 1.39. The van der Waals surface area contributed by atoms with E-state index in [1.165, 1.54) is 0 Å². The zero-order chi connectivity index (χ0) is 14.3. The van der Waals surface area contributed by atoms with Crippen molar-refractivity contribution in [3.05, 3.63) is 0 Å². The molecular formula is H26B4O19. The van der Waals surface area contributed by atoms with Crippen molar-refractivity contribution in [2.45, 2.75) is 0 Å². The average molecular weight is 373 g/mol. The molecule has 0 spiro atoms. The molecule has 152 valence electrons. The summed E-state index contributed by atoms with van der Waals surface area (Å²) in [7, 11) is -8.67. The Kier molecular flexibility index (Phi) is 234. The monoisotopic (exact) mass is 374 g/mol. The van der Waals surface area contributed by atoms with Crippen LogP contribution in [0.25, 0.3) is 0 Å². The molecular weight excluding hydrogens is 347 g/mol. The van der Waals surface area contributed by atoms with Crippen molar-refractivity contribution in [2.75, 3.05) is 0 Å². The molecule has 0 aliphatic carbocycles. The lowest BCUT2D eigenvalue weighted by Crippen LogP contribution is -2.07. The molecule has 0 atom stereocenters. The second kappa shape index (κ2) is 68.3. The van der Waals surface area contributed by atoms with Crippen LogP contribution in [0.5, 0.6) is 0 Å². The van der Waals surface area contributed by atoms with Gasteiger partial charge in [0.2, 0.25) is 0 Å². The van der Waals surface area contributed by atoms with Crippen LogP contribution in [0.1, 0.15) is 0 Å². The molecule has 0 unspecified atom stereocenters. The van der Waals surface area contributed by atoms with E-state index < -0.39 is 29.3 Å². The minimum atomic E-state index is -2.17. The third-order valence-corrected chi connectivity index (χ3v) is 0. The van der Waals surface area contributed by atoms with Crippen LogP contribution in [0, 0.1) is 0 Å². The quantitative estimate of drug-likeness (QED) is 0.176. The zero-order valence-corrected chi connectivity index (χ0v) is 11.2. The topological polar surface area (TPSA) is 463 Å². The van der Waals surface area contributed by atoms with Crippen molar-refractivity contribution in [3.8, 4) is 0 Å². The summed E-state index contributed by atoms with van der Waals surface area (Å²) in [6.45, 7) is 0. The minimum Gasteiger partial charge on any atom is -0.412 e. The van der Waals surface area contributed by atoms with E-state index in [2.05, 4.69) is 0 Å². The molecule has 0 aliphatic heterocycles. The van der Waals surface area contributed by atoms with E-state index in [1.807, 2.05) is 0 Å². The maximum absolute atomic E-state index is 7.17. The zero-order valence-electron chi connectivity index (χ0n) is 11.2. The van der Waals surface area contributed by atoms with Gasteiger partial charge >= 0.3 is 29.3 Å². The maximum Gasteiger partial charge on any atom is 0.631 e. The molecule has 26 N–H and O–H groups in total. The van der Waals surface area contributed by atoms with E-state index in [-0.39, 0.29) is 38.3 Å². The Morgan fingerprint density at radius 2 is 0.217 bits per heavy atom. The van der Waals surface area contributed by atoms with Crippen LogP contribution < -0.4 is 0 Å². The van der Waals surface area contributed by atoms with Gasteiger partial charge in [-0.3, -0.25) is 0 Å². The molecule has 0 amide bonds. The van der Waals surface area contributed by atoms with Gasteiger partial charge in [-0.05, 0) is 0 Å². The van der Waals surface area contributed by atoms with Gasteiger partial charge in [0.15, 0.2) is 0 Å². The summed E-state index contributed by atoms with van der Waals surface area (Å²) in [5.41, 5.74) is 0. The average Bonchev–Trinajstić information content (AvgIpc) is 1.76. The van der Waals surface area contributed by atoms with Gasteiger partial charge < -0.3 is 98.6 Å². The predicted molar refractivity (Wildman–Crippen MR) is 74.9 cm³/mol. The van der Waals surface area contributed by atoms with E-state index in [4.69, 9.17) is 60.3 Å². The van der Waals surface area contributed by atoms with Gasteiger partial charge in [0.25, 0.3) is 0 Å². The smallest absolute Gasteiger partial charge is 0.412 e. The van der Waals surface area contributed by atoms with Crippen LogP contribution in [0.2, 0.25) is 0 Å². The molecule has 23 heavy (non-hydrogen) atoms. The summed E-state index contributed by atoms with van der Waals surface area (Å²) >= 11 is 0. The summed E-state index contributed by atoms with van der Waals surface area (Å²) in [6, 6.07) is 0. The Morgan fingerprint density at radius 1 is 0.217 bits per heavy atom. The minimum absolute atomic E-state index is 0.